The highest BCUT2D eigenvalue weighted by molar-refractivity contribution is 5.38. The number of aliphatic hydroxyl groups is 1. The van der Waals surface area contributed by atoms with Gasteiger partial charge in [0.1, 0.15) is 12.7 Å². The highest BCUT2D eigenvalue weighted by Crippen LogP contribution is 2.23. The van der Waals surface area contributed by atoms with E-state index in [0.717, 1.165) is 25.9 Å². The van der Waals surface area contributed by atoms with Crippen LogP contribution in [0.5, 0.6) is 0 Å². The summed E-state index contributed by atoms with van der Waals surface area (Å²) in [6.45, 7) is 1.88. The van der Waals surface area contributed by atoms with Gasteiger partial charge in [-0.15, -0.1) is 0 Å². The summed E-state index contributed by atoms with van der Waals surface area (Å²) in [4.78, 5) is 18.5. The predicted octanol–water partition coefficient (Wildman–Crippen LogP) is -0.757. The van der Waals surface area contributed by atoms with Crippen LogP contribution in [0.2, 0.25) is 0 Å². The van der Waals surface area contributed by atoms with E-state index in [-0.39, 0.29) is 12.6 Å². The predicted molar refractivity (Wildman–Crippen MR) is 71.2 cm³/mol. The summed E-state index contributed by atoms with van der Waals surface area (Å²) < 4.78 is 1.45. The smallest absolute Gasteiger partial charge is 0.258 e. The van der Waals surface area contributed by atoms with Crippen molar-refractivity contribution in [2.75, 3.05) is 30.3 Å². The molecule has 1 saturated heterocycles. The average molecular weight is 276 g/mol. The maximum absolute atomic E-state index is 9.00. The first-order valence-electron chi connectivity index (χ1n) is 6.48. The third-order valence-electron chi connectivity index (χ3n) is 3.36. The Hall–Kier alpha value is -2.29. The third-order valence-corrected chi connectivity index (χ3v) is 3.36. The van der Waals surface area contributed by atoms with Gasteiger partial charge in [-0.25, -0.2) is 4.98 Å². The molecule has 3 N–H and O–H groups in total. The van der Waals surface area contributed by atoms with Crippen LogP contribution >= 0.6 is 0 Å². The molecular formula is C11H16N8O. The molecule has 3 rings (SSSR count). The molecule has 3 heterocycles. The summed E-state index contributed by atoms with van der Waals surface area (Å²) in [6.07, 6.45) is 4.74. The van der Waals surface area contributed by atoms with Crippen molar-refractivity contribution in [2.24, 2.45) is 5.92 Å². The number of nitrogens with zero attached hydrogens (tertiary/aromatic N) is 7. The van der Waals surface area contributed by atoms with Gasteiger partial charge in [-0.3, -0.25) is 0 Å². The SMILES string of the molecule is Nc1nc(N2CCC(CCO)C2)nc(-n2cncn2)n1. The zero-order chi connectivity index (χ0) is 13.9. The number of rotatable bonds is 4. The Bertz CT molecular complexity index is 572. The maximum atomic E-state index is 9.00. The van der Waals surface area contributed by atoms with E-state index < -0.39 is 0 Å². The second-order valence-corrected chi connectivity index (χ2v) is 4.75. The van der Waals surface area contributed by atoms with Crippen molar-refractivity contribution in [3.8, 4) is 5.95 Å². The lowest BCUT2D eigenvalue weighted by Crippen LogP contribution is -2.24. The van der Waals surface area contributed by atoms with E-state index in [4.69, 9.17) is 10.8 Å². The fourth-order valence-electron chi connectivity index (χ4n) is 2.36. The number of aromatic nitrogens is 6. The molecule has 9 heteroatoms. The van der Waals surface area contributed by atoms with Crippen LogP contribution in [0.3, 0.4) is 0 Å². The Morgan fingerprint density at radius 3 is 2.90 bits per heavy atom. The van der Waals surface area contributed by atoms with Crippen LogP contribution in [-0.4, -0.2) is 54.5 Å². The second kappa shape index (κ2) is 5.37. The molecule has 0 aliphatic carbocycles. The minimum atomic E-state index is 0.158. The number of hydrogen-bond acceptors (Lipinski definition) is 8. The van der Waals surface area contributed by atoms with Crippen molar-refractivity contribution < 1.29 is 5.11 Å². The normalized spacial score (nSPS) is 18.6. The Morgan fingerprint density at radius 2 is 2.15 bits per heavy atom. The zero-order valence-electron chi connectivity index (χ0n) is 10.9. The minimum absolute atomic E-state index is 0.158. The number of nitrogen functional groups attached to an aromatic ring is 1. The van der Waals surface area contributed by atoms with E-state index in [1.165, 1.54) is 17.3 Å². The van der Waals surface area contributed by atoms with Gasteiger partial charge in [0.2, 0.25) is 11.9 Å². The largest absolute Gasteiger partial charge is 0.396 e. The highest BCUT2D eigenvalue weighted by Gasteiger charge is 2.24. The highest BCUT2D eigenvalue weighted by atomic mass is 16.3. The molecule has 106 valence electrons. The molecule has 2 aromatic rings. The fraction of sp³-hybridized carbons (Fsp3) is 0.545. The first-order valence-corrected chi connectivity index (χ1v) is 6.48. The first-order chi connectivity index (χ1) is 9.76. The number of aliphatic hydroxyl groups excluding tert-OH is 1. The monoisotopic (exact) mass is 276 g/mol. The van der Waals surface area contributed by atoms with Crippen molar-refractivity contribution in [3.63, 3.8) is 0 Å². The van der Waals surface area contributed by atoms with Crippen molar-refractivity contribution in [3.05, 3.63) is 12.7 Å². The Labute approximate surface area is 115 Å². The molecular weight excluding hydrogens is 260 g/mol. The molecule has 0 spiro atoms. The van der Waals surface area contributed by atoms with Gasteiger partial charge >= 0.3 is 0 Å². The Balaban J connectivity index is 1.84. The lowest BCUT2D eigenvalue weighted by atomic mass is 10.1. The molecule has 0 bridgehead atoms. The lowest BCUT2D eigenvalue weighted by Gasteiger charge is -2.16. The average Bonchev–Trinajstić information content (AvgIpc) is 3.09. The third kappa shape index (κ3) is 2.52. The van der Waals surface area contributed by atoms with Crippen LogP contribution in [-0.2, 0) is 0 Å². The second-order valence-electron chi connectivity index (χ2n) is 4.75. The topological polar surface area (TPSA) is 119 Å². The van der Waals surface area contributed by atoms with E-state index in [1.807, 2.05) is 0 Å². The summed E-state index contributed by atoms with van der Waals surface area (Å²) in [5, 5.41) is 13.0. The number of nitrogens with two attached hydrogens (primary N) is 1. The molecule has 20 heavy (non-hydrogen) atoms. The molecule has 0 aromatic carbocycles. The fourth-order valence-corrected chi connectivity index (χ4v) is 2.36. The van der Waals surface area contributed by atoms with Crippen LogP contribution in [0, 0.1) is 5.92 Å². The van der Waals surface area contributed by atoms with Crippen LogP contribution in [0.4, 0.5) is 11.9 Å². The van der Waals surface area contributed by atoms with Gasteiger partial charge in [0.15, 0.2) is 0 Å². The lowest BCUT2D eigenvalue weighted by molar-refractivity contribution is 0.263. The van der Waals surface area contributed by atoms with E-state index in [1.54, 1.807) is 0 Å². The summed E-state index contributed by atoms with van der Waals surface area (Å²) in [7, 11) is 0. The molecule has 0 saturated carbocycles. The van der Waals surface area contributed by atoms with E-state index in [9.17, 15) is 0 Å². The van der Waals surface area contributed by atoms with Crippen molar-refractivity contribution in [1.82, 2.24) is 29.7 Å². The van der Waals surface area contributed by atoms with Crippen molar-refractivity contribution in [2.45, 2.75) is 12.8 Å². The summed E-state index contributed by atoms with van der Waals surface area (Å²) in [5.74, 6) is 1.53. The molecule has 0 amide bonds. The minimum Gasteiger partial charge on any atom is -0.396 e. The molecule has 0 radical (unpaired) electrons. The van der Waals surface area contributed by atoms with E-state index in [2.05, 4.69) is 29.9 Å². The van der Waals surface area contributed by atoms with Gasteiger partial charge in [0.05, 0.1) is 0 Å². The van der Waals surface area contributed by atoms with Gasteiger partial charge in [-0.1, -0.05) is 0 Å². The number of anilines is 2. The van der Waals surface area contributed by atoms with Gasteiger partial charge in [-0.05, 0) is 18.8 Å². The molecule has 1 fully saturated rings. The molecule has 9 nitrogen and oxygen atoms in total. The summed E-state index contributed by atoms with van der Waals surface area (Å²) in [5.41, 5.74) is 5.74. The van der Waals surface area contributed by atoms with Crippen LogP contribution in [0.25, 0.3) is 5.95 Å². The first kappa shape index (κ1) is 12.7. The quantitative estimate of drug-likeness (QED) is 0.748. The molecule has 2 aromatic heterocycles. The Morgan fingerprint density at radius 1 is 1.30 bits per heavy atom. The summed E-state index contributed by atoms with van der Waals surface area (Å²) in [6, 6.07) is 0. The van der Waals surface area contributed by atoms with Crippen LogP contribution in [0.1, 0.15) is 12.8 Å². The van der Waals surface area contributed by atoms with Crippen molar-refractivity contribution in [1.29, 1.82) is 0 Å². The zero-order valence-corrected chi connectivity index (χ0v) is 10.9. The number of hydrogen-bond donors (Lipinski definition) is 2. The molecule has 1 atom stereocenters. The van der Waals surface area contributed by atoms with Crippen molar-refractivity contribution >= 4 is 11.9 Å². The van der Waals surface area contributed by atoms with E-state index >= 15 is 0 Å². The molecule has 1 unspecified atom stereocenters. The standard InChI is InChI=1S/C11H16N8O/c12-9-15-10(18-3-1-8(5-18)2-4-20)17-11(16-9)19-7-13-6-14-19/h6-8,20H,1-5H2,(H2,12,15,16,17). The van der Waals surface area contributed by atoms with Gasteiger partial charge in [0.25, 0.3) is 5.95 Å². The molecule has 1 aliphatic rings. The maximum Gasteiger partial charge on any atom is 0.258 e. The Kier molecular flexibility index (Phi) is 3.42. The van der Waals surface area contributed by atoms with Gasteiger partial charge in [0, 0.05) is 19.7 Å². The molecule has 1 aliphatic heterocycles. The summed E-state index contributed by atoms with van der Waals surface area (Å²) >= 11 is 0. The van der Waals surface area contributed by atoms with Gasteiger partial charge < -0.3 is 15.7 Å². The van der Waals surface area contributed by atoms with E-state index in [0.29, 0.717) is 17.8 Å². The van der Waals surface area contributed by atoms with Gasteiger partial charge in [-0.2, -0.15) is 24.7 Å². The van der Waals surface area contributed by atoms with Crippen LogP contribution < -0.4 is 10.6 Å². The van der Waals surface area contributed by atoms with Crippen LogP contribution in [0.15, 0.2) is 12.7 Å².